The zero-order valence-corrected chi connectivity index (χ0v) is 11.2. The maximum atomic E-state index is 13.7. The van der Waals surface area contributed by atoms with E-state index in [2.05, 4.69) is 5.32 Å². The third kappa shape index (κ3) is 2.28. The highest BCUT2D eigenvalue weighted by atomic mass is 32.2. The first-order chi connectivity index (χ1) is 8.44. The van der Waals surface area contributed by atoms with Crippen molar-refractivity contribution in [2.75, 3.05) is 13.1 Å². The van der Waals surface area contributed by atoms with E-state index in [0.29, 0.717) is 13.1 Å². The quantitative estimate of drug-likeness (QED) is 0.880. The highest BCUT2D eigenvalue weighted by Crippen LogP contribution is 2.24. The molecule has 100 valence electrons. The van der Waals surface area contributed by atoms with Crippen molar-refractivity contribution < 1.29 is 12.8 Å². The molecule has 0 saturated carbocycles. The van der Waals surface area contributed by atoms with Crippen LogP contribution in [0.25, 0.3) is 0 Å². The number of hydrogen-bond donors (Lipinski definition) is 1. The minimum absolute atomic E-state index is 0.182. The summed E-state index contributed by atoms with van der Waals surface area (Å²) in [5, 5.41) is 3.15. The number of benzene rings is 1. The summed E-state index contributed by atoms with van der Waals surface area (Å²) in [5.41, 5.74) is 0. The fourth-order valence-electron chi connectivity index (χ4n) is 2.36. The lowest BCUT2D eigenvalue weighted by atomic mass is 10.2. The van der Waals surface area contributed by atoms with E-state index >= 15 is 0 Å². The van der Waals surface area contributed by atoms with Crippen LogP contribution in [0.2, 0.25) is 0 Å². The topological polar surface area (TPSA) is 49.4 Å². The molecule has 0 spiro atoms. The normalized spacial score (nSPS) is 26.2. The second kappa shape index (κ2) is 4.95. The maximum Gasteiger partial charge on any atom is 0.246 e. The average Bonchev–Trinajstić information content (AvgIpc) is 2.28. The van der Waals surface area contributed by atoms with E-state index in [4.69, 9.17) is 0 Å². The van der Waals surface area contributed by atoms with Crippen LogP contribution in [0.3, 0.4) is 0 Å². The Kier molecular flexibility index (Phi) is 3.70. The van der Waals surface area contributed by atoms with Crippen molar-refractivity contribution in [3.63, 3.8) is 0 Å². The summed E-state index contributed by atoms with van der Waals surface area (Å²) < 4.78 is 40.0. The van der Waals surface area contributed by atoms with Gasteiger partial charge in [0, 0.05) is 25.2 Å². The Morgan fingerprint density at radius 2 is 1.78 bits per heavy atom. The highest BCUT2D eigenvalue weighted by Gasteiger charge is 2.36. The van der Waals surface area contributed by atoms with Gasteiger partial charge in [0.2, 0.25) is 10.0 Å². The van der Waals surface area contributed by atoms with Gasteiger partial charge in [0.1, 0.15) is 10.7 Å². The zero-order chi connectivity index (χ0) is 13.3. The smallest absolute Gasteiger partial charge is 0.246 e. The van der Waals surface area contributed by atoms with Gasteiger partial charge in [0.05, 0.1) is 0 Å². The molecule has 0 amide bonds. The number of nitrogens with zero attached hydrogens (tertiary/aromatic N) is 1. The van der Waals surface area contributed by atoms with E-state index < -0.39 is 15.8 Å². The van der Waals surface area contributed by atoms with Crippen molar-refractivity contribution in [3.05, 3.63) is 30.1 Å². The van der Waals surface area contributed by atoms with Gasteiger partial charge in [-0.1, -0.05) is 12.1 Å². The third-order valence-corrected chi connectivity index (χ3v) is 5.30. The lowest BCUT2D eigenvalue weighted by molar-refractivity contribution is 0.219. The Morgan fingerprint density at radius 1 is 1.22 bits per heavy atom. The van der Waals surface area contributed by atoms with Crippen LogP contribution in [-0.4, -0.2) is 37.9 Å². The van der Waals surface area contributed by atoms with Crippen LogP contribution in [0.1, 0.15) is 13.8 Å². The first-order valence-electron chi connectivity index (χ1n) is 5.93. The predicted molar refractivity (Wildman–Crippen MR) is 67.2 cm³/mol. The summed E-state index contributed by atoms with van der Waals surface area (Å²) in [6, 6.07) is 5.14. The van der Waals surface area contributed by atoms with Crippen LogP contribution in [0.5, 0.6) is 0 Å². The molecule has 0 aliphatic carbocycles. The molecule has 0 radical (unpaired) electrons. The molecule has 1 aliphatic rings. The van der Waals surface area contributed by atoms with Gasteiger partial charge in [-0.25, -0.2) is 12.8 Å². The van der Waals surface area contributed by atoms with Crippen molar-refractivity contribution in [2.45, 2.75) is 30.8 Å². The Balaban J connectivity index is 2.45. The van der Waals surface area contributed by atoms with Gasteiger partial charge < -0.3 is 5.32 Å². The SMILES string of the molecule is CC1CNCC(C)N1S(=O)(=O)c1ccccc1F. The van der Waals surface area contributed by atoms with Gasteiger partial charge in [0.15, 0.2) is 0 Å². The van der Waals surface area contributed by atoms with Gasteiger partial charge in [-0.05, 0) is 26.0 Å². The third-order valence-electron chi connectivity index (χ3n) is 3.14. The first kappa shape index (κ1) is 13.5. The molecule has 2 rings (SSSR count). The molecule has 1 fully saturated rings. The summed E-state index contributed by atoms with van der Waals surface area (Å²) in [4.78, 5) is -0.245. The molecule has 6 heteroatoms. The minimum atomic E-state index is -3.77. The van der Waals surface area contributed by atoms with Crippen LogP contribution in [0.15, 0.2) is 29.2 Å². The van der Waals surface area contributed by atoms with Gasteiger partial charge in [0.25, 0.3) is 0 Å². The summed E-state index contributed by atoms with van der Waals surface area (Å²) in [6.07, 6.45) is 0. The van der Waals surface area contributed by atoms with Crippen molar-refractivity contribution in [1.82, 2.24) is 9.62 Å². The van der Waals surface area contributed by atoms with Gasteiger partial charge in [-0.15, -0.1) is 0 Å². The molecule has 1 heterocycles. The first-order valence-corrected chi connectivity index (χ1v) is 7.37. The van der Waals surface area contributed by atoms with E-state index in [1.807, 2.05) is 13.8 Å². The maximum absolute atomic E-state index is 13.7. The molecule has 1 N–H and O–H groups in total. The number of sulfonamides is 1. The van der Waals surface area contributed by atoms with E-state index in [9.17, 15) is 12.8 Å². The number of hydrogen-bond acceptors (Lipinski definition) is 3. The summed E-state index contributed by atoms with van der Waals surface area (Å²) in [7, 11) is -3.77. The monoisotopic (exact) mass is 272 g/mol. The Morgan fingerprint density at radius 3 is 2.33 bits per heavy atom. The molecule has 1 aromatic rings. The standard InChI is InChI=1S/C12H17FN2O2S/c1-9-7-14-8-10(2)15(9)18(16,17)12-6-4-3-5-11(12)13/h3-6,9-10,14H,7-8H2,1-2H3. The molecule has 1 aromatic carbocycles. The van der Waals surface area contributed by atoms with Gasteiger partial charge in [-0.3, -0.25) is 0 Å². The van der Waals surface area contributed by atoms with E-state index in [1.54, 1.807) is 0 Å². The van der Waals surface area contributed by atoms with Crippen LogP contribution < -0.4 is 5.32 Å². The minimum Gasteiger partial charge on any atom is -0.314 e. The van der Waals surface area contributed by atoms with Crippen LogP contribution >= 0.6 is 0 Å². The van der Waals surface area contributed by atoms with E-state index in [0.717, 1.165) is 0 Å². The molecular weight excluding hydrogens is 255 g/mol. The van der Waals surface area contributed by atoms with Crippen LogP contribution in [-0.2, 0) is 10.0 Å². The fraction of sp³-hybridized carbons (Fsp3) is 0.500. The van der Waals surface area contributed by atoms with Crippen molar-refractivity contribution >= 4 is 10.0 Å². The number of nitrogens with one attached hydrogen (secondary N) is 1. The molecule has 1 saturated heterocycles. The zero-order valence-electron chi connectivity index (χ0n) is 10.4. The summed E-state index contributed by atoms with van der Waals surface area (Å²) in [6.45, 7) is 4.80. The average molecular weight is 272 g/mol. The van der Waals surface area contributed by atoms with Crippen molar-refractivity contribution in [3.8, 4) is 0 Å². The van der Waals surface area contributed by atoms with Crippen molar-refractivity contribution in [1.29, 1.82) is 0 Å². The molecular formula is C12H17FN2O2S. The van der Waals surface area contributed by atoms with Crippen molar-refractivity contribution in [2.24, 2.45) is 0 Å². The molecule has 18 heavy (non-hydrogen) atoms. The summed E-state index contributed by atoms with van der Waals surface area (Å²) >= 11 is 0. The number of piperazine rings is 1. The Labute approximate surface area is 107 Å². The molecule has 2 atom stereocenters. The van der Waals surface area contributed by atoms with Gasteiger partial charge >= 0.3 is 0 Å². The molecule has 0 aromatic heterocycles. The number of halogens is 1. The second-order valence-corrected chi connectivity index (χ2v) is 6.43. The largest absolute Gasteiger partial charge is 0.314 e. The molecule has 4 nitrogen and oxygen atoms in total. The summed E-state index contributed by atoms with van der Waals surface area (Å²) in [5.74, 6) is -0.699. The van der Waals surface area contributed by atoms with Crippen LogP contribution in [0, 0.1) is 5.82 Å². The predicted octanol–water partition coefficient (Wildman–Crippen LogP) is 1.20. The van der Waals surface area contributed by atoms with E-state index in [1.165, 1.54) is 28.6 Å². The second-order valence-electron chi connectivity index (χ2n) is 4.62. The van der Waals surface area contributed by atoms with Crippen LogP contribution in [0.4, 0.5) is 4.39 Å². The fourth-order valence-corrected chi connectivity index (χ4v) is 4.25. The molecule has 2 unspecified atom stereocenters. The van der Waals surface area contributed by atoms with E-state index in [-0.39, 0.29) is 17.0 Å². The lowest BCUT2D eigenvalue weighted by Crippen LogP contribution is -2.57. The molecule has 0 bridgehead atoms. The Bertz CT molecular complexity index is 523. The number of rotatable bonds is 2. The molecule has 1 aliphatic heterocycles. The Hall–Kier alpha value is -0.980. The lowest BCUT2D eigenvalue weighted by Gasteiger charge is -2.38. The highest BCUT2D eigenvalue weighted by molar-refractivity contribution is 7.89. The van der Waals surface area contributed by atoms with Gasteiger partial charge in [-0.2, -0.15) is 4.31 Å².